The Morgan fingerprint density at radius 1 is 1.43 bits per heavy atom. The molecule has 6 nitrogen and oxygen atoms in total. The van der Waals surface area contributed by atoms with E-state index in [-0.39, 0.29) is 17.5 Å². The minimum Gasteiger partial charge on any atom is -0.368 e. The number of nitrogens with two attached hydrogens (primary N) is 1. The Hall–Kier alpha value is -2.89. The molecule has 23 heavy (non-hydrogen) atoms. The van der Waals surface area contributed by atoms with Gasteiger partial charge in [0.15, 0.2) is 5.84 Å². The molecule has 0 aliphatic carbocycles. The van der Waals surface area contributed by atoms with Crippen LogP contribution in [0.3, 0.4) is 0 Å². The molecule has 2 N–H and O–H groups in total. The van der Waals surface area contributed by atoms with Gasteiger partial charge in [0.2, 0.25) is 5.96 Å². The third kappa shape index (κ3) is 2.32. The summed E-state index contributed by atoms with van der Waals surface area (Å²) in [6.45, 7) is 1.80. The summed E-state index contributed by atoms with van der Waals surface area (Å²) in [4.78, 5) is 8.28. The molecule has 2 heterocycles. The third-order valence-corrected chi connectivity index (χ3v) is 3.74. The number of rotatable bonds is 1. The quantitative estimate of drug-likeness (QED) is 0.861. The van der Waals surface area contributed by atoms with Crippen LogP contribution in [0.5, 0.6) is 0 Å². The van der Waals surface area contributed by atoms with E-state index in [0.29, 0.717) is 6.42 Å². The zero-order chi connectivity index (χ0) is 16.8. The van der Waals surface area contributed by atoms with Gasteiger partial charge in [0.05, 0.1) is 22.9 Å². The predicted octanol–water partition coefficient (Wildman–Crippen LogP) is 2.39. The second-order valence-electron chi connectivity index (χ2n) is 5.33. The number of nitrogens with zero attached hydrogens (tertiary/aromatic N) is 5. The van der Waals surface area contributed by atoms with Gasteiger partial charge in [0, 0.05) is 12.6 Å². The molecule has 118 valence electrons. The lowest BCUT2D eigenvalue weighted by molar-refractivity contribution is -0.137. The second kappa shape index (κ2) is 4.81. The summed E-state index contributed by atoms with van der Waals surface area (Å²) in [5.74, 6) is 0.426. The fourth-order valence-corrected chi connectivity index (χ4v) is 2.49. The van der Waals surface area contributed by atoms with E-state index in [1.54, 1.807) is 13.1 Å². The third-order valence-electron chi connectivity index (χ3n) is 3.74. The molecule has 3 rings (SSSR count). The number of aliphatic imine (C=N–C) groups is 2. The van der Waals surface area contributed by atoms with Crippen LogP contribution in [0, 0.1) is 11.3 Å². The number of amidine groups is 1. The summed E-state index contributed by atoms with van der Waals surface area (Å²) in [5, 5.41) is 14.4. The van der Waals surface area contributed by atoms with Crippen LogP contribution in [0.4, 0.5) is 18.9 Å². The number of hydrogen-bond donors (Lipinski definition) is 1. The first kappa shape index (κ1) is 15.0. The summed E-state index contributed by atoms with van der Waals surface area (Å²) in [5.41, 5.74) is 3.63. The number of hydrazone groups is 1. The smallest absolute Gasteiger partial charge is 0.368 e. The molecule has 0 aromatic heterocycles. The monoisotopic (exact) mass is 320 g/mol. The van der Waals surface area contributed by atoms with E-state index < -0.39 is 22.8 Å². The van der Waals surface area contributed by atoms with Gasteiger partial charge >= 0.3 is 6.18 Å². The van der Waals surface area contributed by atoms with Crippen LogP contribution in [0.25, 0.3) is 0 Å². The van der Waals surface area contributed by atoms with Crippen LogP contribution in [-0.4, -0.2) is 28.6 Å². The van der Waals surface area contributed by atoms with Crippen molar-refractivity contribution < 1.29 is 13.2 Å². The number of fused-ring (bicyclic) bond motifs is 1. The number of hydrogen-bond acceptors (Lipinski definition) is 5. The Labute approximate surface area is 129 Å². The first-order valence-corrected chi connectivity index (χ1v) is 6.63. The maximum atomic E-state index is 13.0. The molecule has 1 aromatic rings. The standard InChI is InChI=1S/C14H11F3N6/c1-13-4-5-20-23(13)12(19)22-11(13)21-9-3-2-8(7-18)10(6-9)14(15,16)17/h2-3,5-6H,4H2,1H3,(H2,19,21,22). The van der Waals surface area contributed by atoms with E-state index in [1.165, 1.54) is 17.1 Å². The number of alkyl halides is 3. The molecule has 1 unspecified atom stereocenters. The van der Waals surface area contributed by atoms with Crippen molar-refractivity contribution in [3.05, 3.63) is 29.3 Å². The van der Waals surface area contributed by atoms with Crippen LogP contribution in [-0.2, 0) is 6.18 Å². The number of halogens is 3. The van der Waals surface area contributed by atoms with Gasteiger partial charge in [-0.15, -0.1) is 0 Å². The fourth-order valence-electron chi connectivity index (χ4n) is 2.49. The van der Waals surface area contributed by atoms with Crippen LogP contribution in [0.15, 0.2) is 33.3 Å². The molecule has 0 saturated carbocycles. The summed E-state index contributed by atoms with van der Waals surface area (Å²) < 4.78 is 39.0. The number of guanidine groups is 1. The topological polar surface area (TPSA) is 90.1 Å². The SMILES string of the molecule is CC12CC=NN1C(N)=N/C2=N\c1ccc(C#N)c(C(F)(F)F)c1. The van der Waals surface area contributed by atoms with Gasteiger partial charge < -0.3 is 5.73 Å². The first-order chi connectivity index (χ1) is 10.8. The van der Waals surface area contributed by atoms with Crippen LogP contribution in [0.1, 0.15) is 24.5 Å². The van der Waals surface area contributed by atoms with Gasteiger partial charge in [-0.05, 0) is 25.1 Å². The van der Waals surface area contributed by atoms with Gasteiger partial charge in [-0.3, -0.25) is 0 Å². The van der Waals surface area contributed by atoms with Crippen LogP contribution >= 0.6 is 0 Å². The molecule has 9 heteroatoms. The summed E-state index contributed by atoms with van der Waals surface area (Å²) in [6.07, 6.45) is -2.49. The number of benzene rings is 1. The Kier molecular flexibility index (Phi) is 3.14. The van der Waals surface area contributed by atoms with Gasteiger partial charge in [-0.1, -0.05) is 0 Å². The average molecular weight is 320 g/mol. The van der Waals surface area contributed by atoms with Crippen LogP contribution in [0.2, 0.25) is 0 Å². The lowest BCUT2D eigenvalue weighted by Gasteiger charge is -2.25. The molecule has 0 radical (unpaired) electrons. The highest BCUT2D eigenvalue weighted by Crippen LogP contribution is 2.36. The molecule has 2 aliphatic heterocycles. The molecular formula is C14H11F3N6. The fraction of sp³-hybridized carbons (Fsp3) is 0.286. The lowest BCUT2D eigenvalue weighted by atomic mass is 9.98. The molecule has 0 spiro atoms. The molecule has 1 atom stereocenters. The highest BCUT2D eigenvalue weighted by atomic mass is 19.4. The normalized spacial score (nSPS) is 24.7. The summed E-state index contributed by atoms with van der Waals surface area (Å²) >= 11 is 0. The van der Waals surface area contributed by atoms with Crippen molar-refractivity contribution >= 4 is 23.7 Å². The van der Waals surface area contributed by atoms with Gasteiger partial charge in [-0.25, -0.2) is 10.0 Å². The Morgan fingerprint density at radius 2 is 2.17 bits per heavy atom. The van der Waals surface area contributed by atoms with E-state index >= 15 is 0 Å². The predicted molar refractivity (Wildman–Crippen MR) is 78.2 cm³/mol. The zero-order valence-electron chi connectivity index (χ0n) is 12.0. The van der Waals surface area contributed by atoms with Crippen molar-refractivity contribution in [3.8, 4) is 6.07 Å². The first-order valence-electron chi connectivity index (χ1n) is 6.63. The highest BCUT2D eigenvalue weighted by molar-refractivity contribution is 6.10. The minimum absolute atomic E-state index is 0.0536. The van der Waals surface area contributed by atoms with Crippen molar-refractivity contribution in [1.82, 2.24) is 5.01 Å². The molecule has 0 saturated heterocycles. The van der Waals surface area contributed by atoms with E-state index in [1.807, 2.05) is 0 Å². The summed E-state index contributed by atoms with van der Waals surface area (Å²) in [7, 11) is 0. The van der Waals surface area contributed by atoms with E-state index in [2.05, 4.69) is 15.1 Å². The molecule has 0 amide bonds. The highest BCUT2D eigenvalue weighted by Gasteiger charge is 2.46. The van der Waals surface area contributed by atoms with Crippen molar-refractivity contribution in [2.45, 2.75) is 25.1 Å². The molecular weight excluding hydrogens is 309 g/mol. The van der Waals surface area contributed by atoms with Crippen molar-refractivity contribution in [2.24, 2.45) is 20.8 Å². The second-order valence-corrected chi connectivity index (χ2v) is 5.33. The van der Waals surface area contributed by atoms with Crippen LogP contribution < -0.4 is 5.73 Å². The lowest BCUT2D eigenvalue weighted by Crippen LogP contribution is -2.44. The van der Waals surface area contributed by atoms with Gasteiger partial charge in [0.1, 0.15) is 5.54 Å². The van der Waals surface area contributed by atoms with Gasteiger partial charge in [0.25, 0.3) is 0 Å². The van der Waals surface area contributed by atoms with E-state index in [9.17, 15) is 13.2 Å². The minimum atomic E-state index is -4.63. The van der Waals surface area contributed by atoms with E-state index in [0.717, 1.165) is 12.1 Å². The largest absolute Gasteiger partial charge is 0.417 e. The van der Waals surface area contributed by atoms with Gasteiger partial charge in [-0.2, -0.15) is 28.5 Å². The Bertz CT molecular complexity index is 802. The molecule has 2 aliphatic rings. The molecule has 0 fully saturated rings. The Balaban J connectivity index is 2.06. The maximum Gasteiger partial charge on any atom is 0.417 e. The Morgan fingerprint density at radius 3 is 2.83 bits per heavy atom. The number of nitriles is 1. The zero-order valence-corrected chi connectivity index (χ0v) is 12.0. The average Bonchev–Trinajstić information content (AvgIpc) is 2.97. The summed E-state index contributed by atoms with van der Waals surface area (Å²) in [6, 6.07) is 4.80. The van der Waals surface area contributed by atoms with Crippen molar-refractivity contribution in [3.63, 3.8) is 0 Å². The molecule has 1 aromatic carbocycles. The maximum absolute atomic E-state index is 13.0. The van der Waals surface area contributed by atoms with E-state index in [4.69, 9.17) is 11.0 Å². The van der Waals surface area contributed by atoms with Crippen molar-refractivity contribution in [1.29, 1.82) is 5.26 Å². The van der Waals surface area contributed by atoms with Crippen molar-refractivity contribution in [2.75, 3.05) is 0 Å². The molecule has 0 bridgehead atoms.